The molecule has 3 heteroatoms. The molecule has 0 N–H and O–H groups in total. The van der Waals surface area contributed by atoms with E-state index < -0.39 is 0 Å². The Kier molecular flexibility index (Phi) is 5.08. The molecule has 0 amide bonds. The molecule has 104 valence electrons. The number of Topliss-reactive ketones (excluding diaryl/α,β-unsaturated/α-hetero) is 1. The van der Waals surface area contributed by atoms with Gasteiger partial charge < -0.3 is 4.90 Å². The third kappa shape index (κ3) is 4.43. The zero-order chi connectivity index (χ0) is 13.7. The van der Waals surface area contributed by atoms with Crippen molar-refractivity contribution < 1.29 is 4.79 Å². The standard InChI is InChI=1S/C16H24N2O/c1-13(2)18-8-4-6-15(12-18)10-16(19)9-14-5-3-7-17-11-14/h3,5,7,11,13,15H,4,6,8-10,12H2,1-2H3/t15-/m0/s1. The van der Waals surface area contributed by atoms with Crippen molar-refractivity contribution in [3.8, 4) is 0 Å². The molecule has 1 fully saturated rings. The number of piperidine rings is 1. The summed E-state index contributed by atoms with van der Waals surface area (Å²) in [5.74, 6) is 0.893. The molecule has 19 heavy (non-hydrogen) atoms. The third-order valence-corrected chi connectivity index (χ3v) is 3.92. The van der Waals surface area contributed by atoms with Crippen LogP contribution in [-0.4, -0.2) is 34.8 Å². The number of rotatable bonds is 5. The van der Waals surface area contributed by atoms with Crippen LogP contribution in [-0.2, 0) is 11.2 Å². The molecule has 1 aromatic rings. The topological polar surface area (TPSA) is 33.2 Å². The van der Waals surface area contributed by atoms with Gasteiger partial charge in [-0.25, -0.2) is 0 Å². The van der Waals surface area contributed by atoms with Crippen LogP contribution in [0.25, 0.3) is 0 Å². The van der Waals surface area contributed by atoms with Crippen LogP contribution in [0.15, 0.2) is 24.5 Å². The number of ketones is 1. The molecule has 0 unspecified atom stereocenters. The van der Waals surface area contributed by atoms with Gasteiger partial charge >= 0.3 is 0 Å². The molecule has 2 heterocycles. The zero-order valence-corrected chi connectivity index (χ0v) is 12.0. The summed E-state index contributed by atoms with van der Waals surface area (Å²) in [6.07, 6.45) is 7.21. The Hall–Kier alpha value is -1.22. The van der Waals surface area contributed by atoms with Gasteiger partial charge in [0.05, 0.1) is 0 Å². The number of carbonyl (C=O) groups is 1. The molecule has 0 aromatic carbocycles. The summed E-state index contributed by atoms with van der Waals surface area (Å²) in [6.45, 7) is 6.74. The van der Waals surface area contributed by atoms with E-state index >= 15 is 0 Å². The number of hydrogen-bond donors (Lipinski definition) is 0. The molecular weight excluding hydrogens is 236 g/mol. The van der Waals surface area contributed by atoms with E-state index in [4.69, 9.17) is 0 Å². The fourth-order valence-electron chi connectivity index (χ4n) is 2.86. The average molecular weight is 260 g/mol. The lowest BCUT2D eigenvalue weighted by Crippen LogP contribution is -2.40. The van der Waals surface area contributed by atoms with Crippen molar-refractivity contribution in [1.29, 1.82) is 0 Å². The van der Waals surface area contributed by atoms with Crippen LogP contribution >= 0.6 is 0 Å². The third-order valence-electron chi connectivity index (χ3n) is 3.92. The van der Waals surface area contributed by atoms with Crippen LogP contribution in [0.2, 0.25) is 0 Å². The van der Waals surface area contributed by atoms with E-state index in [2.05, 4.69) is 23.7 Å². The van der Waals surface area contributed by atoms with Crippen molar-refractivity contribution in [3.05, 3.63) is 30.1 Å². The van der Waals surface area contributed by atoms with Crippen molar-refractivity contribution in [3.63, 3.8) is 0 Å². The van der Waals surface area contributed by atoms with Crippen LogP contribution < -0.4 is 0 Å². The minimum atomic E-state index is 0.351. The smallest absolute Gasteiger partial charge is 0.137 e. The van der Waals surface area contributed by atoms with Gasteiger partial charge in [0.25, 0.3) is 0 Å². The van der Waals surface area contributed by atoms with E-state index in [0.717, 1.165) is 18.5 Å². The van der Waals surface area contributed by atoms with Crippen molar-refractivity contribution in [2.24, 2.45) is 5.92 Å². The minimum absolute atomic E-state index is 0.351. The quantitative estimate of drug-likeness (QED) is 0.816. The van der Waals surface area contributed by atoms with Gasteiger partial charge in [0.15, 0.2) is 0 Å². The first-order valence-electron chi connectivity index (χ1n) is 7.30. The molecule has 1 atom stereocenters. The second kappa shape index (κ2) is 6.80. The predicted octanol–water partition coefficient (Wildman–Crippen LogP) is 2.70. The van der Waals surface area contributed by atoms with E-state index in [1.54, 1.807) is 12.4 Å². The number of aromatic nitrogens is 1. The summed E-state index contributed by atoms with van der Waals surface area (Å²) in [4.78, 5) is 18.7. The first-order valence-corrected chi connectivity index (χ1v) is 7.30. The highest BCUT2D eigenvalue weighted by atomic mass is 16.1. The molecule has 1 aliphatic heterocycles. The Bertz CT molecular complexity index is 402. The Labute approximate surface area is 116 Å². The maximum absolute atomic E-state index is 12.1. The highest BCUT2D eigenvalue weighted by Crippen LogP contribution is 2.22. The van der Waals surface area contributed by atoms with Crippen LogP contribution in [0.1, 0.15) is 38.7 Å². The number of nitrogens with zero attached hydrogens (tertiary/aromatic N) is 2. The monoisotopic (exact) mass is 260 g/mol. The van der Waals surface area contributed by atoms with Crippen LogP contribution in [0.5, 0.6) is 0 Å². The fraction of sp³-hybridized carbons (Fsp3) is 0.625. The van der Waals surface area contributed by atoms with Crippen LogP contribution in [0, 0.1) is 5.92 Å². The first kappa shape index (κ1) is 14.2. The van der Waals surface area contributed by atoms with Gasteiger partial charge in [-0.2, -0.15) is 0 Å². The van der Waals surface area contributed by atoms with E-state index in [9.17, 15) is 4.79 Å². The molecule has 0 saturated carbocycles. The van der Waals surface area contributed by atoms with Gasteiger partial charge in [0.2, 0.25) is 0 Å². The highest BCUT2D eigenvalue weighted by molar-refractivity contribution is 5.81. The van der Waals surface area contributed by atoms with Crippen molar-refractivity contribution in [2.75, 3.05) is 13.1 Å². The normalized spacial score (nSPS) is 20.7. The van der Waals surface area contributed by atoms with Gasteiger partial charge in [0.1, 0.15) is 5.78 Å². The number of carbonyl (C=O) groups excluding carboxylic acids is 1. The van der Waals surface area contributed by atoms with E-state index in [-0.39, 0.29) is 0 Å². The molecule has 2 rings (SSSR count). The van der Waals surface area contributed by atoms with Gasteiger partial charge in [-0.1, -0.05) is 6.07 Å². The highest BCUT2D eigenvalue weighted by Gasteiger charge is 2.23. The average Bonchev–Trinajstić information content (AvgIpc) is 2.40. The number of likely N-dealkylation sites (tertiary alicyclic amines) is 1. The molecule has 0 spiro atoms. The molecule has 0 aliphatic carbocycles. The second-order valence-electron chi connectivity index (χ2n) is 5.88. The summed E-state index contributed by atoms with van der Waals surface area (Å²) < 4.78 is 0. The van der Waals surface area contributed by atoms with Crippen molar-refractivity contribution >= 4 is 5.78 Å². The van der Waals surface area contributed by atoms with Gasteiger partial charge in [0, 0.05) is 37.8 Å². The largest absolute Gasteiger partial charge is 0.301 e. The minimum Gasteiger partial charge on any atom is -0.301 e. The Balaban J connectivity index is 1.82. The van der Waals surface area contributed by atoms with Gasteiger partial charge in [-0.15, -0.1) is 0 Å². The second-order valence-corrected chi connectivity index (χ2v) is 5.88. The van der Waals surface area contributed by atoms with E-state index in [1.807, 2.05) is 12.1 Å². The zero-order valence-electron chi connectivity index (χ0n) is 12.0. The molecular formula is C16H24N2O. The Morgan fingerprint density at radius 3 is 3.05 bits per heavy atom. The summed E-state index contributed by atoms with van der Waals surface area (Å²) in [5.41, 5.74) is 1.03. The predicted molar refractivity (Wildman–Crippen MR) is 77.0 cm³/mol. The van der Waals surface area contributed by atoms with E-state index in [1.165, 1.54) is 19.4 Å². The molecule has 1 saturated heterocycles. The molecule has 0 bridgehead atoms. The number of hydrogen-bond acceptors (Lipinski definition) is 3. The lowest BCUT2D eigenvalue weighted by molar-refractivity contribution is -0.119. The molecule has 0 radical (unpaired) electrons. The summed E-state index contributed by atoms with van der Waals surface area (Å²) in [7, 11) is 0. The van der Waals surface area contributed by atoms with E-state index in [0.29, 0.717) is 24.2 Å². The fourth-order valence-corrected chi connectivity index (χ4v) is 2.86. The Morgan fingerprint density at radius 1 is 1.53 bits per heavy atom. The number of pyridine rings is 1. The van der Waals surface area contributed by atoms with Crippen LogP contribution in [0.4, 0.5) is 0 Å². The molecule has 3 nitrogen and oxygen atoms in total. The maximum atomic E-state index is 12.1. The lowest BCUT2D eigenvalue weighted by Gasteiger charge is -2.35. The SMILES string of the molecule is CC(C)N1CCC[C@@H](CC(=O)Cc2cccnc2)C1. The Morgan fingerprint density at radius 2 is 2.37 bits per heavy atom. The lowest BCUT2D eigenvalue weighted by atomic mass is 9.91. The van der Waals surface area contributed by atoms with Gasteiger partial charge in [-0.3, -0.25) is 9.78 Å². The van der Waals surface area contributed by atoms with Crippen molar-refractivity contribution in [2.45, 2.75) is 45.6 Å². The van der Waals surface area contributed by atoms with Crippen LogP contribution in [0.3, 0.4) is 0 Å². The maximum Gasteiger partial charge on any atom is 0.137 e. The summed E-state index contributed by atoms with van der Waals surface area (Å²) >= 11 is 0. The van der Waals surface area contributed by atoms with Crippen molar-refractivity contribution in [1.82, 2.24) is 9.88 Å². The van der Waals surface area contributed by atoms with Gasteiger partial charge in [-0.05, 0) is 50.8 Å². The summed E-state index contributed by atoms with van der Waals surface area (Å²) in [6, 6.07) is 4.46. The summed E-state index contributed by atoms with van der Waals surface area (Å²) in [5, 5.41) is 0. The molecule has 1 aliphatic rings. The molecule has 1 aromatic heterocycles. The first-order chi connectivity index (χ1) is 9.15.